The van der Waals surface area contributed by atoms with E-state index < -0.39 is 0 Å². The molecule has 4 atom stereocenters. The number of nitrogens with two attached hydrogens (primary N) is 1. The van der Waals surface area contributed by atoms with Crippen molar-refractivity contribution in [3.8, 4) is 0 Å². The summed E-state index contributed by atoms with van der Waals surface area (Å²) in [6.45, 7) is 13.8. The Morgan fingerprint density at radius 1 is 1.30 bits per heavy atom. The second kappa shape index (κ2) is 4.96. The monoisotopic (exact) mass is 280 g/mol. The van der Waals surface area contributed by atoms with Gasteiger partial charge in [0.15, 0.2) is 0 Å². The Labute approximate surface area is 124 Å². The van der Waals surface area contributed by atoms with Gasteiger partial charge in [-0.25, -0.2) is 0 Å². The van der Waals surface area contributed by atoms with Crippen LogP contribution in [0.15, 0.2) is 0 Å². The molecule has 4 unspecified atom stereocenters. The van der Waals surface area contributed by atoms with E-state index >= 15 is 0 Å². The molecule has 116 valence electrons. The van der Waals surface area contributed by atoms with Crippen LogP contribution in [-0.2, 0) is 4.74 Å². The first-order chi connectivity index (χ1) is 9.36. The molecule has 0 aromatic carbocycles. The molecule has 0 aromatic heterocycles. The van der Waals surface area contributed by atoms with Gasteiger partial charge in [-0.3, -0.25) is 0 Å². The van der Waals surface area contributed by atoms with Gasteiger partial charge in [0.25, 0.3) is 0 Å². The third kappa shape index (κ3) is 2.05. The van der Waals surface area contributed by atoms with Gasteiger partial charge in [-0.15, -0.1) is 0 Å². The Bertz CT molecular complexity index is 368. The van der Waals surface area contributed by atoms with Crippen molar-refractivity contribution in [2.75, 3.05) is 26.2 Å². The molecule has 0 spiro atoms. The van der Waals surface area contributed by atoms with E-state index in [1.807, 2.05) is 0 Å². The van der Waals surface area contributed by atoms with Crippen LogP contribution in [0.3, 0.4) is 0 Å². The van der Waals surface area contributed by atoms with Crippen molar-refractivity contribution in [3.05, 3.63) is 0 Å². The van der Waals surface area contributed by atoms with Gasteiger partial charge < -0.3 is 15.4 Å². The zero-order valence-electron chi connectivity index (χ0n) is 13.7. The van der Waals surface area contributed by atoms with Crippen LogP contribution in [0.25, 0.3) is 0 Å². The van der Waals surface area contributed by atoms with Gasteiger partial charge in [-0.1, -0.05) is 27.7 Å². The number of rotatable bonds is 3. The fraction of sp³-hybridized carbons (Fsp3) is 1.00. The Morgan fingerprint density at radius 3 is 2.70 bits per heavy atom. The highest BCUT2D eigenvalue weighted by atomic mass is 16.5. The standard InChI is InChI=1S/C17H32N2O/c1-12(2)13-7-8-19(10-13)11-17(18)14-6-5-9-20-15(14)16(17,3)4/h12-15H,5-11,18H2,1-4H3. The molecule has 2 aliphatic heterocycles. The molecule has 0 bridgehead atoms. The van der Waals surface area contributed by atoms with Gasteiger partial charge in [-0.05, 0) is 37.6 Å². The van der Waals surface area contributed by atoms with Gasteiger partial charge in [0.1, 0.15) is 0 Å². The maximum Gasteiger partial charge on any atom is 0.0690 e. The SMILES string of the molecule is CC(C)C1CCN(CC2(N)C3CCCOC3C2(C)C)C1. The first kappa shape index (κ1) is 14.8. The van der Waals surface area contributed by atoms with E-state index in [9.17, 15) is 0 Å². The molecular formula is C17H32N2O. The molecule has 0 radical (unpaired) electrons. The highest BCUT2D eigenvalue weighted by molar-refractivity contribution is 5.21. The van der Waals surface area contributed by atoms with Crippen molar-refractivity contribution < 1.29 is 4.74 Å². The molecule has 1 aliphatic carbocycles. The Morgan fingerprint density at radius 2 is 2.05 bits per heavy atom. The third-order valence-electron chi connectivity index (χ3n) is 6.63. The molecule has 2 heterocycles. The molecule has 3 aliphatic rings. The maximum atomic E-state index is 6.91. The number of hydrogen-bond donors (Lipinski definition) is 1. The van der Waals surface area contributed by atoms with Crippen molar-refractivity contribution in [2.45, 2.75) is 58.6 Å². The average Bonchev–Trinajstić information content (AvgIpc) is 2.87. The van der Waals surface area contributed by atoms with Crippen molar-refractivity contribution in [1.29, 1.82) is 0 Å². The molecular weight excluding hydrogens is 248 g/mol. The molecule has 2 N–H and O–H groups in total. The van der Waals surface area contributed by atoms with Crippen LogP contribution in [0.1, 0.15) is 47.0 Å². The van der Waals surface area contributed by atoms with E-state index in [1.54, 1.807) is 0 Å². The first-order valence-corrected chi connectivity index (χ1v) is 8.49. The average molecular weight is 280 g/mol. The number of hydrogen-bond acceptors (Lipinski definition) is 3. The summed E-state index contributed by atoms with van der Waals surface area (Å²) in [5.74, 6) is 2.23. The third-order valence-corrected chi connectivity index (χ3v) is 6.63. The van der Waals surface area contributed by atoms with Crippen molar-refractivity contribution in [3.63, 3.8) is 0 Å². The summed E-state index contributed by atoms with van der Waals surface area (Å²) in [6, 6.07) is 0. The van der Waals surface area contributed by atoms with Crippen LogP contribution >= 0.6 is 0 Å². The summed E-state index contributed by atoms with van der Waals surface area (Å²) in [5, 5.41) is 0. The lowest BCUT2D eigenvalue weighted by atomic mass is 9.46. The van der Waals surface area contributed by atoms with Crippen LogP contribution in [-0.4, -0.2) is 42.8 Å². The molecule has 0 aromatic rings. The number of likely N-dealkylation sites (tertiary alicyclic amines) is 1. The predicted molar refractivity (Wildman–Crippen MR) is 82.5 cm³/mol. The van der Waals surface area contributed by atoms with Crippen LogP contribution < -0.4 is 5.73 Å². The van der Waals surface area contributed by atoms with Crippen LogP contribution in [0.4, 0.5) is 0 Å². The smallest absolute Gasteiger partial charge is 0.0690 e. The minimum absolute atomic E-state index is 0.0516. The first-order valence-electron chi connectivity index (χ1n) is 8.49. The topological polar surface area (TPSA) is 38.5 Å². The summed E-state index contributed by atoms with van der Waals surface area (Å²) in [4.78, 5) is 2.62. The van der Waals surface area contributed by atoms with Crippen LogP contribution in [0.2, 0.25) is 0 Å². The molecule has 0 amide bonds. The van der Waals surface area contributed by atoms with Crippen molar-refractivity contribution >= 4 is 0 Å². The van der Waals surface area contributed by atoms with Crippen LogP contribution in [0, 0.1) is 23.2 Å². The van der Waals surface area contributed by atoms with E-state index in [1.165, 1.54) is 32.4 Å². The lowest BCUT2D eigenvalue weighted by Gasteiger charge is -2.67. The molecule has 3 heteroatoms. The van der Waals surface area contributed by atoms with E-state index in [4.69, 9.17) is 10.5 Å². The summed E-state index contributed by atoms with van der Waals surface area (Å²) in [7, 11) is 0. The molecule has 3 nitrogen and oxygen atoms in total. The lowest BCUT2D eigenvalue weighted by molar-refractivity contribution is -0.231. The van der Waals surface area contributed by atoms with Gasteiger partial charge in [0, 0.05) is 36.6 Å². The summed E-state index contributed by atoms with van der Waals surface area (Å²) < 4.78 is 6.01. The summed E-state index contributed by atoms with van der Waals surface area (Å²) in [6.07, 6.45) is 4.18. The normalized spacial score (nSPS) is 44.4. The van der Waals surface area contributed by atoms with Crippen molar-refractivity contribution in [1.82, 2.24) is 4.90 Å². The second-order valence-corrected chi connectivity index (χ2v) is 8.33. The molecule has 2 saturated heterocycles. The Hall–Kier alpha value is -0.120. The lowest BCUT2D eigenvalue weighted by Crippen LogP contribution is -2.80. The summed E-state index contributed by atoms with van der Waals surface area (Å²) >= 11 is 0. The van der Waals surface area contributed by atoms with E-state index in [-0.39, 0.29) is 11.0 Å². The quantitative estimate of drug-likeness (QED) is 0.863. The maximum absolute atomic E-state index is 6.91. The molecule has 1 saturated carbocycles. The molecule has 3 rings (SSSR count). The Kier molecular flexibility index (Phi) is 3.67. The van der Waals surface area contributed by atoms with E-state index in [0.717, 1.165) is 25.0 Å². The van der Waals surface area contributed by atoms with Gasteiger partial charge in [-0.2, -0.15) is 0 Å². The second-order valence-electron chi connectivity index (χ2n) is 8.33. The van der Waals surface area contributed by atoms with Gasteiger partial charge in [0.2, 0.25) is 0 Å². The highest BCUT2D eigenvalue weighted by Gasteiger charge is 2.66. The van der Waals surface area contributed by atoms with Crippen LogP contribution in [0.5, 0.6) is 0 Å². The van der Waals surface area contributed by atoms with E-state index in [2.05, 4.69) is 32.6 Å². The highest BCUT2D eigenvalue weighted by Crippen LogP contribution is 2.57. The minimum atomic E-state index is -0.0516. The molecule has 3 fully saturated rings. The fourth-order valence-electron chi connectivity index (χ4n) is 4.91. The number of ether oxygens (including phenoxy) is 1. The number of nitrogens with zero attached hydrogens (tertiary/aromatic N) is 1. The zero-order chi connectivity index (χ0) is 14.5. The Balaban J connectivity index is 1.67. The van der Waals surface area contributed by atoms with Gasteiger partial charge in [0.05, 0.1) is 6.10 Å². The largest absolute Gasteiger partial charge is 0.377 e. The number of fused-ring (bicyclic) bond motifs is 1. The van der Waals surface area contributed by atoms with Gasteiger partial charge >= 0.3 is 0 Å². The predicted octanol–water partition coefficient (Wildman–Crippen LogP) is 2.50. The van der Waals surface area contributed by atoms with E-state index in [0.29, 0.717) is 12.0 Å². The minimum Gasteiger partial charge on any atom is -0.377 e. The summed E-state index contributed by atoms with van der Waals surface area (Å²) in [5.41, 5.74) is 6.98. The molecule has 20 heavy (non-hydrogen) atoms. The zero-order valence-corrected chi connectivity index (χ0v) is 13.7. The van der Waals surface area contributed by atoms with Crippen molar-refractivity contribution in [2.24, 2.45) is 28.9 Å². The fourth-order valence-corrected chi connectivity index (χ4v) is 4.91.